The molecule has 0 bridgehead atoms. The fraction of sp³-hybridized carbons (Fsp3) is 0.765. The molecule has 0 unspecified atom stereocenters. The highest BCUT2D eigenvalue weighted by Gasteiger charge is 2.35. The molecule has 0 spiro atoms. The summed E-state index contributed by atoms with van der Waals surface area (Å²) in [7, 11) is 0. The molecule has 1 aromatic rings. The molecule has 1 saturated heterocycles. The summed E-state index contributed by atoms with van der Waals surface area (Å²) >= 11 is 1.93. The first-order chi connectivity index (χ1) is 10.3. The van der Waals surface area contributed by atoms with Crippen LogP contribution in [0, 0.1) is 5.41 Å². The standard InChI is InChI=1S/C17H28N2OS/c1-2-7-18-13-17(5-9-20-10-6-17)14-19-8-3-16-15(12-19)4-11-21-16/h4,11,18H,2-3,5-10,12-14H2,1H3. The lowest BCUT2D eigenvalue weighted by atomic mass is 9.79. The molecule has 118 valence electrons. The molecule has 3 nitrogen and oxygen atoms in total. The Balaban J connectivity index is 1.61. The van der Waals surface area contributed by atoms with Crippen LogP contribution in [0.25, 0.3) is 0 Å². The Kier molecular flexibility index (Phi) is 5.33. The van der Waals surface area contributed by atoms with Crippen molar-refractivity contribution < 1.29 is 4.74 Å². The number of hydrogen-bond donors (Lipinski definition) is 1. The first-order valence-electron chi connectivity index (χ1n) is 8.37. The zero-order valence-corrected chi connectivity index (χ0v) is 14.0. The Morgan fingerprint density at radius 1 is 1.38 bits per heavy atom. The highest BCUT2D eigenvalue weighted by molar-refractivity contribution is 7.10. The molecule has 2 aliphatic rings. The minimum absolute atomic E-state index is 0.418. The van der Waals surface area contributed by atoms with Gasteiger partial charge in [0, 0.05) is 44.3 Å². The lowest BCUT2D eigenvalue weighted by Gasteiger charge is -2.42. The Bertz CT molecular complexity index is 440. The summed E-state index contributed by atoms with van der Waals surface area (Å²) in [6.07, 6.45) is 4.87. The summed E-state index contributed by atoms with van der Waals surface area (Å²) in [4.78, 5) is 4.28. The average molecular weight is 308 g/mol. The van der Waals surface area contributed by atoms with Crippen LogP contribution < -0.4 is 5.32 Å². The van der Waals surface area contributed by atoms with E-state index in [1.807, 2.05) is 11.3 Å². The number of nitrogens with zero attached hydrogens (tertiary/aromatic N) is 1. The van der Waals surface area contributed by atoms with Crippen molar-refractivity contribution in [2.75, 3.05) is 39.4 Å². The molecule has 0 amide bonds. The van der Waals surface area contributed by atoms with Gasteiger partial charge in [-0.2, -0.15) is 0 Å². The van der Waals surface area contributed by atoms with Crippen LogP contribution in [0.5, 0.6) is 0 Å². The zero-order valence-electron chi connectivity index (χ0n) is 13.2. The summed E-state index contributed by atoms with van der Waals surface area (Å²) in [5.74, 6) is 0. The molecule has 1 aromatic heterocycles. The quantitative estimate of drug-likeness (QED) is 0.818. The molecule has 2 aliphatic heterocycles. The molecule has 0 atom stereocenters. The third-order valence-electron chi connectivity index (χ3n) is 4.93. The zero-order chi connectivity index (χ0) is 14.5. The normalized spacial score (nSPS) is 22.1. The van der Waals surface area contributed by atoms with Crippen LogP contribution >= 0.6 is 11.3 Å². The van der Waals surface area contributed by atoms with Crippen LogP contribution in [-0.4, -0.2) is 44.3 Å². The predicted molar refractivity (Wildman–Crippen MR) is 88.9 cm³/mol. The Labute approximate surface area is 132 Å². The number of thiophene rings is 1. The van der Waals surface area contributed by atoms with Gasteiger partial charge in [-0.15, -0.1) is 11.3 Å². The summed E-state index contributed by atoms with van der Waals surface area (Å²) < 4.78 is 5.62. The maximum Gasteiger partial charge on any atom is 0.0472 e. The van der Waals surface area contributed by atoms with E-state index < -0.39 is 0 Å². The molecular formula is C17H28N2OS. The fourth-order valence-corrected chi connectivity index (χ4v) is 4.53. The van der Waals surface area contributed by atoms with Crippen LogP contribution in [0.2, 0.25) is 0 Å². The van der Waals surface area contributed by atoms with Crippen molar-refractivity contribution in [3.8, 4) is 0 Å². The molecule has 3 heterocycles. The topological polar surface area (TPSA) is 24.5 Å². The van der Waals surface area contributed by atoms with Gasteiger partial charge in [-0.1, -0.05) is 6.92 Å². The summed E-state index contributed by atoms with van der Waals surface area (Å²) in [6, 6.07) is 2.32. The first kappa shape index (κ1) is 15.5. The van der Waals surface area contributed by atoms with Gasteiger partial charge >= 0.3 is 0 Å². The van der Waals surface area contributed by atoms with E-state index >= 15 is 0 Å². The van der Waals surface area contributed by atoms with Gasteiger partial charge in [-0.3, -0.25) is 4.90 Å². The summed E-state index contributed by atoms with van der Waals surface area (Å²) in [5.41, 5.74) is 1.98. The van der Waals surface area contributed by atoms with E-state index in [2.05, 4.69) is 28.6 Å². The average Bonchev–Trinajstić information content (AvgIpc) is 2.96. The smallest absolute Gasteiger partial charge is 0.0472 e. The van der Waals surface area contributed by atoms with E-state index in [1.165, 1.54) is 38.8 Å². The highest BCUT2D eigenvalue weighted by atomic mass is 32.1. The Morgan fingerprint density at radius 3 is 3.05 bits per heavy atom. The van der Waals surface area contributed by atoms with Gasteiger partial charge in [-0.05, 0) is 54.7 Å². The third kappa shape index (κ3) is 3.86. The van der Waals surface area contributed by atoms with Crippen molar-refractivity contribution in [2.24, 2.45) is 5.41 Å². The Morgan fingerprint density at radius 2 is 2.24 bits per heavy atom. The molecule has 1 fully saturated rings. The van der Waals surface area contributed by atoms with Crippen molar-refractivity contribution in [3.05, 3.63) is 21.9 Å². The number of ether oxygens (including phenoxy) is 1. The minimum Gasteiger partial charge on any atom is -0.381 e. The van der Waals surface area contributed by atoms with Crippen LogP contribution in [0.4, 0.5) is 0 Å². The van der Waals surface area contributed by atoms with Crippen molar-refractivity contribution in [1.82, 2.24) is 10.2 Å². The van der Waals surface area contributed by atoms with Crippen molar-refractivity contribution in [2.45, 2.75) is 39.2 Å². The fourth-order valence-electron chi connectivity index (χ4n) is 3.64. The second-order valence-electron chi connectivity index (χ2n) is 6.62. The summed E-state index contributed by atoms with van der Waals surface area (Å²) in [6.45, 7) is 10.00. The first-order valence-corrected chi connectivity index (χ1v) is 9.25. The van der Waals surface area contributed by atoms with E-state index in [0.29, 0.717) is 5.41 Å². The van der Waals surface area contributed by atoms with Crippen molar-refractivity contribution >= 4 is 11.3 Å². The molecule has 1 N–H and O–H groups in total. The largest absolute Gasteiger partial charge is 0.381 e. The van der Waals surface area contributed by atoms with E-state index in [9.17, 15) is 0 Å². The van der Waals surface area contributed by atoms with Gasteiger partial charge in [-0.25, -0.2) is 0 Å². The minimum atomic E-state index is 0.418. The van der Waals surface area contributed by atoms with Gasteiger partial charge in [0.2, 0.25) is 0 Å². The Hall–Kier alpha value is -0.420. The highest BCUT2D eigenvalue weighted by Crippen LogP contribution is 2.33. The van der Waals surface area contributed by atoms with Crippen LogP contribution in [0.15, 0.2) is 11.4 Å². The number of fused-ring (bicyclic) bond motifs is 1. The van der Waals surface area contributed by atoms with Crippen molar-refractivity contribution in [1.29, 1.82) is 0 Å². The molecule has 0 aromatic carbocycles. The van der Waals surface area contributed by atoms with Gasteiger partial charge in [0.15, 0.2) is 0 Å². The van der Waals surface area contributed by atoms with Crippen LogP contribution in [0.3, 0.4) is 0 Å². The van der Waals surface area contributed by atoms with Crippen LogP contribution in [-0.2, 0) is 17.7 Å². The van der Waals surface area contributed by atoms with E-state index in [-0.39, 0.29) is 0 Å². The SMILES string of the molecule is CCCNCC1(CN2CCc3sccc3C2)CCOCC1. The van der Waals surface area contributed by atoms with Crippen LogP contribution in [0.1, 0.15) is 36.6 Å². The lowest BCUT2D eigenvalue weighted by Crippen LogP contribution is -2.48. The molecular weight excluding hydrogens is 280 g/mol. The van der Waals surface area contributed by atoms with E-state index in [1.54, 1.807) is 10.4 Å². The van der Waals surface area contributed by atoms with Crippen molar-refractivity contribution in [3.63, 3.8) is 0 Å². The van der Waals surface area contributed by atoms with Gasteiger partial charge in [0.25, 0.3) is 0 Å². The van der Waals surface area contributed by atoms with Gasteiger partial charge < -0.3 is 10.1 Å². The molecule has 21 heavy (non-hydrogen) atoms. The van der Waals surface area contributed by atoms with Gasteiger partial charge in [0.05, 0.1) is 0 Å². The molecule has 4 heteroatoms. The molecule has 3 rings (SSSR count). The molecule has 0 aliphatic carbocycles. The second-order valence-corrected chi connectivity index (χ2v) is 7.62. The number of rotatable bonds is 6. The predicted octanol–water partition coefficient (Wildman–Crippen LogP) is 2.90. The van der Waals surface area contributed by atoms with Gasteiger partial charge in [0.1, 0.15) is 0 Å². The monoisotopic (exact) mass is 308 g/mol. The second kappa shape index (κ2) is 7.23. The third-order valence-corrected chi connectivity index (χ3v) is 5.95. The van der Waals surface area contributed by atoms with E-state index in [0.717, 1.165) is 32.8 Å². The number of hydrogen-bond acceptors (Lipinski definition) is 4. The summed E-state index contributed by atoms with van der Waals surface area (Å²) in [5, 5.41) is 5.92. The lowest BCUT2D eigenvalue weighted by molar-refractivity contribution is -0.00640. The van der Waals surface area contributed by atoms with E-state index in [4.69, 9.17) is 4.74 Å². The molecule has 0 saturated carbocycles. The maximum absolute atomic E-state index is 5.62. The molecule has 0 radical (unpaired) electrons. The maximum atomic E-state index is 5.62. The number of nitrogens with one attached hydrogen (secondary N) is 1.